The highest BCUT2D eigenvalue weighted by molar-refractivity contribution is 6.33. The Morgan fingerprint density at radius 3 is 2.84 bits per heavy atom. The number of H-pyrrole nitrogens is 1. The summed E-state index contributed by atoms with van der Waals surface area (Å²) in [7, 11) is 0. The van der Waals surface area contributed by atoms with Gasteiger partial charge < -0.3 is 9.88 Å². The van der Waals surface area contributed by atoms with Crippen molar-refractivity contribution >= 4 is 23.2 Å². The number of nitrogens with one attached hydrogen (secondary N) is 2. The number of aromatic nitrogens is 5. The van der Waals surface area contributed by atoms with Gasteiger partial charge in [0, 0.05) is 29.8 Å². The quantitative estimate of drug-likeness (QED) is 0.476. The molecule has 1 aliphatic heterocycles. The molecule has 0 saturated heterocycles. The first-order valence-electron chi connectivity index (χ1n) is 10.3. The summed E-state index contributed by atoms with van der Waals surface area (Å²) in [5.41, 5.74) is 3.36. The second-order valence-corrected chi connectivity index (χ2v) is 7.99. The zero-order chi connectivity index (χ0) is 21.2. The normalized spacial score (nSPS) is 13.5. The van der Waals surface area contributed by atoms with Crippen LogP contribution in [0.5, 0.6) is 0 Å². The molecule has 2 aromatic carbocycles. The Bertz CT molecular complexity index is 1240. The molecule has 156 valence electrons. The van der Waals surface area contributed by atoms with Crippen molar-refractivity contribution in [1.82, 2.24) is 25.0 Å². The molecule has 8 heteroatoms. The lowest BCUT2D eigenvalue weighted by atomic mass is 10.1. The predicted molar refractivity (Wildman–Crippen MR) is 120 cm³/mol. The van der Waals surface area contributed by atoms with E-state index >= 15 is 0 Å². The van der Waals surface area contributed by atoms with Crippen LogP contribution in [-0.4, -0.2) is 30.9 Å². The second kappa shape index (κ2) is 8.35. The van der Waals surface area contributed by atoms with Gasteiger partial charge in [-0.15, -0.1) is 10.2 Å². The van der Waals surface area contributed by atoms with Crippen molar-refractivity contribution in [3.63, 3.8) is 0 Å². The first-order chi connectivity index (χ1) is 15.2. The molecule has 2 aromatic heterocycles. The number of fused-ring (bicyclic) bond motifs is 1. The first kappa shape index (κ1) is 19.5. The van der Waals surface area contributed by atoms with E-state index in [4.69, 9.17) is 11.6 Å². The van der Waals surface area contributed by atoms with Crippen molar-refractivity contribution < 1.29 is 4.79 Å². The highest BCUT2D eigenvalue weighted by Gasteiger charge is 2.17. The number of nitrogens with zero attached hydrogens (tertiary/aromatic N) is 4. The van der Waals surface area contributed by atoms with Crippen molar-refractivity contribution in [1.29, 1.82) is 0 Å². The smallest absolute Gasteiger partial charge is 0.273 e. The van der Waals surface area contributed by atoms with Crippen LogP contribution in [0.25, 0.3) is 22.6 Å². The van der Waals surface area contributed by atoms with Crippen LogP contribution in [0, 0.1) is 0 Å². The number of halogens is 1. The van der Waals surface area contributed by atoms with E-state index in [1.165, 1.54) is 6.42 Å². The minimum atomic E-state index is -0.275. The first-order valence-corrected chi connectivity index (χ1v) is 10.7. The molecule has 0 radical (unpaired) electrons. The number of amides is 1. The molecule has 4 aromatic rings. The van der Waals surface area contributed by atoms with E-state index in [2.05, 4.69) is 30.3 Å². The Hall–Kier alpha value is -3.45. The zero-order valence-corrected chi connectivity index (χ0v) is 17.6. The Kier molecular flexibility index (Phi) is 5.26. The van der Waals surface area contributed by atoms with Gasteiger partial charge in [-0.05, 0) is 37.1 Å². The Morgan fingerprint density at radius 2 is 1.94 bits per heavy atom. The average Bonchev–Trinajstić information content (AvgIpc) is 3.36. The van der Waals surface area contributed by atoms with Gasteiger partial charge in [0.1, 0.15) is 11.5 Å². The zero-order valence-electron chi connectivity index (χ0n) is 16.8. The fourth-order valence-electron chi connectivity index (χ4n) is 3.88. The van der Waals surface area contributed by atoms with Crippen LogP contribution in [0.15, 0.2) is 54.6 Å². The van der Waals surface area contributed by atoms with Crippen molar-refractivity contribution in [3.05, 3.63) is 71.1 Å². The molecule has 2 N–H and O–H groups in total. The minimum absolute atomic E-state index is 0.275. The maximum atomic E-state index is 12.8. The lowest BCUT2D eigenvalue weighted by Crippen LogP contribution is -2.12. The fourth-order valence-corrected chi connectivity index (χ4v) is 4.11. The molecule has 31 heavy (non-hydrogen) atoms. The third-order valence-corrected chi connectivity index (χ3v) is 5.79. The molecule has 0 bridgehead atoms. The molecular weight excluding hydrogens is 412 g/mol. The van der Waals surface area contributed by atoms with Crippen molar-refractivity contribution in [2.24, 2.45) is 0 Å². The van der Waals surface area contributed by atoms with Crippen molar-refractivity contribution in [3.8, 4) is 22.6 Å². The van der Waals surface area contributed by atoms with Crippen LogP contribution in [0.1, 0.15) is 35.6 Å². The van der Waals surface area contributed by atoms with Gasteiger partial charge in [0.2, 0.25) is 0 Å². The van der Waals surface area contributed by atoms with Gasteiger partial charge in [-0.1, -0.05) is 48.4 Å². The summed E-state index contributed by atoms with van der Waals surface area (Å²) in [5, 5.41) is 19.3. The summed E-state index contributed by atoms with van der Waals surface area (Å²) in [6.07, 6.45) is 4.44. The minimum Gasteiger partial charge on any atom is -0.321 e. The lowest BCUT2D eigenvalue weighted by molar-refractivity contribution is 0.102. The molecule has 0 aliphatic carbocycles. The van der Waals surface area contributed by atoms with E-state index in [9.17, 15) is 4.79 Å². The van der Waals surface area contributed by atoms with E-state index in [0.29, 0.717) is 22.1 Å². The van der Waals surface area contributed by atoms with E-state index in [1.54, 1.807) is 12.1 Å². The van der Waals surface area contributed by atoms with E-state index in [-0.39, 0.29) is 5.91 Å². The average molecular weight is 433 g/mol. The predicted octanol–water partition coefficient (Wildman–Crippen LogP) is 4.97. The van der Waals surface area contributed by atoms with Gasteiger partial charge in [0.05, 0.1) is 10.7 Å². The second-order valence-electron chi connectivity index (χ2n) is 7.58. The fraction of sp³-hybridized carbons (Fsp3) is 0.217. The van der Waals surface area contributed by atoms with Crippen LogP contribution in [0.2, 0.25) is 5.02 Å². The maximum Gasteiger partial charge on any atom is 0.273 e. The number of anilines is 1. The number of hydrogen-bond donors (Lipinski definition) is 2. The van der Waals surface area contributed by atoms with Crippen molar-refractivity contribution in [2.75, 3.05) is 5.32 Å². The Labute approximate surface area is 184 Å². The summed E-state index contributed by atoms with van der Waals surface area (Å²) in [5.74, 6) is 1.60. The van der Waals surface area contributed by atoms with E-state index in [1.807, 2.05) is 42.5 Å². The third-order valence-electron chi connectivity index (χ3n) is 5.46. The van der Waals surface area contributed by atoms with Crippen LogP contribution >= 0.6 is 11.6 Å². The largest absolute Gasteiger partial charge is 0.321 e. The molecular formula is C23H21ClN6O. The van der Waals surface area contributed by atoms with Gasteiger partial charge in [0.25, 0.3) is 5.91 Å². The van der Waals surface area contributed by atoms with Crippen LogP contribution < -0.4 is 5.32 Å². The van der Waals surface area contributed by atoms with Gasteiger partial charge in [-0.25, -0.2) is 0 Å². The molecule has 0 fully saturated rings. The van der Waals surface area contributed by atoms with Gasteiger partial charge in [-0.3, -0.25) is 9.89 Å². The number of rotatable bonds is 4. The van der Waals surface area contributed by atoms with Crippen LogP contribution in [-0.2, 0) is 13.0 Å². The number of hydrogen-bond acceptors (Lipinski definition) is 4. The van der Waals surface area contributed by atoms with Crippen LogP contribution in [0.4, 0.5) is 5.69 Å². The molecule has 5 rings (SSSR count). The highest BCUT2D eigenvalue weighted by Crippen LogP contribution is 2.27. The number of aromatic amines is 1. The monoisotopic (exact) mass is 432 g/mol. The Balaban J connectivity index is 1.37. The topological polar surface area (TPSA) is 88.5 Å². The molecule has 1 aliphatic rings. The standard InChI is InChI=1S/C23H21ClN6O/c24-18-10-4-3-9-17(18)19-14-20(27-26-19)23(31)25-16-8-6-7-15(13-16)22-29-28-21-11-2-1-5-12-30(21)22/h3-4,6-10,13-14H,1-2,5,11-12H2,(H,25,31)(H,26,27). The summed E-state index contributed by atoms with van der Waals surface area (Å²) in [6.45, 7) is 0.924. The van der Waals surface area contributed by atoms with E-state index < -0.39 is 0 Å². The number of aryl methyl sites for hydroxylation is 1. The Morgan fingerprint density at radius 1 is 1.03 bits per heavy atom. The van der Waals surface area contributed by atoms with Crippen molar-refractivity contribution in [2.45, 2.75) is 32.2 Å². The SMILES string of the molecule is O=C(Nc1cccc(-c2nnc3n2CCCCC3)c1)c1cc(-c2ccccc2Cl)n[nH]1. The molecule has 1 amide bonds. The number of carbonyl (C=O) groups excluding carboxylic acids is 1. The summed E-state index contributed by atoms with van der Waals surface area (Å²) in [6, 6.07) is 16.8. The molecule has 0 unspecified atom stereocenters. The summed E-state index contributed by atoms with van der Waals surface area (Å²) >= 11 is 6.24. The number of carbonyl (C=O) groups is 1. The molecule has 0 saturated carbocycles. The number of benzene rings is 2. The third kappa shape index (κ3) is 3.96. The van der Waals surface area contributed by atoms with Gasteiger partial charge in [0.15, 0.2) is 5.82 Å². The summed E-state index contributed by atoms with van der Waals surface area (Å²) in [4.78, 5) is 12.8. The van der Waals surface area contributed by atoms with E-state index in [0.717, 1.165) is 48.6 Å². The lowest BCUT2D eigenvalue weighted by Gasteiger charge is -2.09. The van der Waals surface area contributed by atoms with Crippen LogP contribution in [0.3, 0.4) is 0 Å². The molecule has 0 spiro atoms. The maximum absolute atomic E-state index is 12.8. The summed E-state index contributed by atoms with van der Waals surface area (Å²) < 4.78 is 2.19. The van der Waals surface area contributed by atoms with Gasteiger partial charge >= 0.3 is 0 Å². The molecule has 3 heterocycles. The van der Waals surface area contributed by atoms with Gasteiger partial charge in [-0.2, -0.15) is 5.10 Å². The highest BCUT2D eigenvalue weighted by atomic mass is 35.5. The molecule has 7 nitrogen and oxygen atoms in total. The molecule has 0 atom stereocenters.